The molecule has 1 aliphatic rings. The van der Waals surface area contributed by atoms with Gasteiger partial charge in [0, 0.05) is 25.2 Å². The molecule has 0 aliphatic carbocycles. The molecule has 8 heteroatoms. The van der Waals surface area contributed by atoms with Crippen LogP contribution in [0.3, 0.4) is 0 Å². The van der Waals surface area contributed by atoms with Gasteiger partial charge < -0.3 is 10.1 Å². The Labute approximate surface area is 154 Å². The number of carbonyl (C=O) groups excluding carboxylic acids is 1. The van der Waals surface area contributed by atoms with Gasteiger partial charge in [-0.2, -0.15) is 4.31 Å². The third-order valence-electron chi connectivity index (χ3n) is 3.87. The second-order valence-electron chi connectivity index (χ2n) is 6.83. The lowest BCUT2D eigenvalue weighted by Gasteiger charge is -2.34. The van der Waals surface area contributed by atoms with Crippen molar-refractivity contribution in [1.82, 2.24) is 9.62 Å². The van der Waals surface area contributed by atoms with Crippen LogP contribution in [0, 0.1) is 5.92 Å². The lowest BCUT2D eigenvalue weighted by Crippen LogP contribution is -2.48. The van der Waals surface area contributed by atoms with E-state index in [9.17, 15) is 13.2 Å². The number of sulfonamides is 1. The average Bonchev–Trinajstić information content (AvgIpc) is 2.51. The first-order chi connectivity index (χ1) is 11.6. The highest BCUT2D eigenvalue weighted by Gasteiger charge is 2.33. The Bertz CT molecular complexity index is 726. The molecule has 1 N–H and O–H groups in total. The van der Waals surface area contributed by atoms with Crippen molar-refractivity contribution in [3.05, 3.63) is 28.8 Å². The van der Waals surface area contributed by atoms with Crippen molar-refractivity contribution in [2.45, 2.75) is 44.8 Å². The quantitative estimate of drug-likeness (QED) is 0.840. The molecule has 0 spiro atoms. The number of amides is 1. The minimum Gasteiger partial charge on any atom is -0.373 e. The number of ether oxygens (including phenoxy) is 1. The van der Waals surface area contributed by atoms with Crippen molar-refractivity contribution in [3.63, 3.8) is 0 Å². The van der Waals surface area contributed by atoms with Crippen LogP contribution in [-0.2, 0) is 14.8 Å². The fourth-order valence-electron chi connectivity index (χ4n) is 2.71. The van der Waals surface area contributed by atoms with Gasteiger partial charge in [0.1, 0.15) is 4.90 Å². The van der Waals surface area contributed by atoms with Crippen LogP contribution in [0.2, 0.25) is 5.02 Å². The van der Waals surface area contributed by atoms with E-state index in [1.807, 2.05) is 27.7 Å². The van der Waals surface area contributed by atoms with Crippen molar-refractivity contribution >= 4 is 27.5 Å². The topological polar surface area (TPSA) is 75.7 Å². The summed E-state index contributed by atoms with van der Waals surface area (Å²) in [7, 11) is -3.80. The largest absolute Gasteiger partial charge is 0.373 e. The van der Waals surface area contributed by atoms with Crippen LogP contribution in [0.1, 0.15) is 38.1 Å². The first kappa shape index (κ1) is 20.2. The highest BCUT2D eigenvalue weighted by Crippen LogP contribution is 2.28. The average molecular weight is 389 g/mol. The number of hydrogen-bond donors (Lipinski definition) is 1. The highest BCUT2D eigenvalue weighted by molar-refractivity contribution is 7.89. The van der Waals surface area contributed by atoms with E-state index in [1.165, 1.54) is 22.5 Å². The van der Waals surface area contributed by atoms with Crippen molar-refractivity contribution in [2.75, 3.05) is 19.6 Å². The van der Waals surface area contributed by atoms with E-state index in [1.54, 1.807) is 0 Å². The first-order valence-electron chi connectivity index (χ1n) is 8.34. The maximum absolute atomic E-state index is 13.0. The summed E-state index contributed by atoms with van der Waals surface area (Å²) < 4.78 is 32.9. The number of nitrogens with one attached hydrogen (secondary N) is 1. The van der Waals surface area contributed by atoms with Gasteiger partial charge in [-0.15, -0.1) is 0 Å². The van der Waals surface area contributed by atoms with Crippen LogP contribution in [0.4, 0.5) is 0 Å². The zero-order chi connectivity index (χ0) is 18.8. The molecule has 0 bridgehead atoms. The summed E-state index contributed by atoms with van der Waals surface area (Å²) in [4.78, 5) is 12.2. The van der Waals surface area contributed by atoms with Gasteiger partial charge in [-0.05, 0) is 38.0 Å². The second kappa shape index (κ2) is 8.03. The number of nitrogens with zero attached hydrogens (tertiary/aromatic N) is 1. The molecule has 1 fully saturated rings. The molecule has 1 heterocycles. The van der Waals surface area contributed by atoms with Crippen LogP contribution in [0.5, 0.6) is 0 Å². The molecule has 140 valence electrons. The lowest BCUT2D eigenvalue weighted by molar-refractivity contribution is -0.0440. The maximum Gasteiger partial charge on any atom is 0.251 e. The molecule has 1 aromatic carbocycles. The summed E-state index contributed by atoms with van der Waals surface area (Å²) in [5, 5.41) is 2.88. The van der Waals surface area contributed by atoms with Crippen molar-refractivity contribution in [2.24, 2.45) is 5.92 Å². The zero-order valence-corrected chi connectivity index (χ0v) is 16.5. The molecule has 1 saturated heterocycles. The standard InChI is InChI=1S/C17H25ClN2O4S/c1-11(2)8-19-17(21)14-5-6-15(18)16(7-14)25(22,23)20-9-12(3)24-13(4)10-20/h5-7,11-13H,8-10H2,1-4H3,(H,19,21). The molecule has 1 amide bonds. The maximum atomic E-state index is 13.0. The Kier molecular flexibility index (Phi) is 6.48. The molecule has 2 rings (SSSR count). The molecule has 1 aromatic rings. The molecular formula is C17H25ClN2O4S. The summed E-state index contributed by atoms with van der Waals surface area (Å²) in [6, 6.07) is 4.33. The van der Waals surface area contributed by atoms with E-state index >= 15 is 0 Å². The summed E-state index contributed by atoms with van der Waals surface area (Å²) in [6.45, 7) is 8.66. The monoisotopic (exact) mass is 388 g/mol. The van der Waals surface area contributed by atoms with E-state index in [0.717, 1.165) is 0 Å². The number of benzene rings is 1. The van der Waals surface area contributed by atoms with Gasteiger partial charge in [-0.1, -0.05) is 25.4 Å². The van der Waals surface area contributed by atoms with Crippen LogP contribution in [0.15, 0.2) is 23.1 Å². The number of hydrogen-bond acceptors (Lipinski definition) is 4. The molecule has 1 aliphatic heterocycles. The third-order valence-corrected chi connectivity index (χ3v) is 6.18. The Morgan fingerprint density at radius 2 is 1.92 bits per heavy atom. The van der Waals surface area contributed by atoms with Crippen LogP contribution in [0.25, 0.3) is 0 Å². The van der Waals surface area contributed by atoms with Crippen molar-refractivity contribution in [1.29, 1.82) is 0 Å². The van der Waals surface area contributed by atoms with E-state index < -0.39 is 10.0 Å². The summed E-state index contributed by atoms with van der Waals surface area (Å²) in [5.41, 5.74) is 0.276. The molecule has 2 unspecified atom stereocenters. The SMILES string of the molecule is CC(C)CNC(=O)c1ccc(Cl)c(S(=O)(=O)N2CC(C)OC(C)C2)c1. The fraction of sp³-hybridized carbons (Fsp3) is 0.588. The normalized spacial score (nSPS) is 22.2. The van der Waals surface area contributed by atoms with Crippen molar-refractivity contribution < 1.29 is 17.9 Å². The van der Waals surface area contributed by atoms with E-state index in [4.69, 9.17) is 16.3 Å². The second-order valence-corrected chi connectivity index (χ2v) is 9.14. The van der Waals surface area contributed by atoms with Gasteiger partial charge in [0.25, 0.3) is 5.91 Å². The van der Waals surface area contributed by atoms with Gasteiger partial charge in [0.15, 0.2) is 0 Å². The predicted molar refractivity (Wildman–Crippen MR) is 97.4 cm³/mol. The van der Waals surface area contributed by atoms with Crippen LogP contribution < -0.4 is 5.32 Å². The number of carbonyl (C=O) groups is 1. The Morgan fingerprint density at radius 1 is 1.32 bits per heavy atom. The van der Waals surface area contributed by atoms with Crippen LogP contribution >= 0.6 is 11.6 Å². The van der Waals surface area contributed by atoms with Gasteiger partial charge in [0.05, 0.1) is 17.2 Å². The number of rotatable bonds is 5. The van der Waals surface area contributed by atoms with Crippen LogP contribution in [-0.4, -0.2) is 50.5 Å². The number of morpholine rings is 1. The minimum absolute atomic E-state index is 0.0485. The van der Waals surface area contributed by atoms with Gasteiger partial charge in [-0.25, -0.2) is 8.42 Å². The molecule has 0 aromatic heterocycles. The van der Waals surface area contributed by atoms with E-state index in [-0.39, 0.29) is 46.7 Å². The fourth-order valence-corrected chi connectivity index (χ4v) is 4.80. The predicted octanol–water partition coefficient (Wildman–Crippen LogP) is 2.52. The third kappa shape index (κ3) is 4.94. The lowest BCUT2D eigenvalue weighted by atomic mass is 10.2. The Morgan fingerprint density at radius 3 is 2.48 bits per heavy atom. The molecule has 25 heavy (non-hydrogen) atoms. The minimum atomic E-state index is -3.80. The number of halogens is 1. The molecular weight excluding hydrogens is 364 g/mol. The molecule has 0 radical (unpaired) electrons. The summed E-state index contributed by atoms with van der Waals surface area (Å²) >= 11 is 6.14. The van der Waals surface area contributed by atoms with Gasteiger partial charge >= 0.3 is 0 Å². The summed E-state index contributed by atoms with van der Waals surface area (Å²) in [6.07, 6.45) is -0.398. The van der Waals surface area contributed by atoms with Gasteiger partial charge in [0.2, 0.25) is 10.0 Å². The molecule has 2 atom stereocenters. The van der Waals surface area contributed by atoms with Crippen molar-refractivity contribution in [3.8, 4) is 0 Å². The highest BCUT2D eigenvalue weighted by atomic mass is 35.5. The van der Waals surface area contributed by atoms with Gasteiger partial charge in [-0.3, -0.25) is 4.79 Å². The van der Waals surface area contributed by atoms with E-state index in [2.05, 4.69) is 5.32 Å². The van der Waals surface area contributed by atoms with E-state index in [0.29, 0.717) is 12.5 Å². The molecule has 0 saturated carbocycles. The molecule has 6 nitrogen and oxygen atoms in total. The Balaban J connectivity index is 2.31. The zero-order valence-electron chi connectivity index (χ0n) is 15.0. The first-order valence-corrected chi connectivity index (χ1v) is 10.2. The Hall–Kier alpha value is -1.15. The summed E-state index contributed by atoms with van der Waals surface area (Å²) in [5.74, 6) is -0.0127. The smallest absolute Gasteiger partial charge is 0.251 e.